The van der Waals surface area contributed by atoms with E-state index in [1.54, 1.807) is 23.5 Å². The van der Waals surface area contributed by atoms with Crippen LogP contribution in [0.3, 0.4) is 0 Å². The zero-order valence-corrected chi connectivity index (χ0v) is 13.9. The van der Waals surface area contributed by atoms with Crippen LogP contribution in [-0.2, 0) is 0 Å². The van der Waals surface area contributed by atoms with Crippen LogP contribution in [0.25, 0.3) is 0 Å². The number of benzene rings is 1. The van der Waals surface area contributed by atoms with Crippen LogP contribution in [0.15, 0.2) is 34.1 Å². The van der Waals surface area contributed by atoms with Crippen molar-refractivity contribution in [3.8, 4) is 5.75 Å². The Kier molecular flexibility index (Phi) is 5.57. The summed E-state index contributed by atoms with van der Waals surface area (Å²) in [5, 5.41) is 5.41. The molecule has 2 aromatic rings. The van der Waals surface area contributed by atoms with Gasteiger partial charge in [0.2, 0.25) is 0 Å². The van der Waals surface area contributed by atoms with E-state index in [9.17, 15) is 4.39 Å². The van der Waals surface area contributed by atoms with Crippen molar-refractivity contribution in [1.29, 1.82) is 0 Å². The summed E-state index contributed by atoms with van der Waals surface area (Å²) < 4.78 is 20.4. The summed E-state index contributed by atoms with van der Waals surface area (Å²) in [5.41, 5.74) is 0.641. The minimum atomic E-state index is -0.252. The molecule has 2 rings (SSSR count). The van der Waals surface area contributed by atoms with Crippen molar-refractivity contribution in [1.82, 2.24) is 5.32 Å². The normalized spacial score (nSPS) is 12.4. The summed E-state index contributed by atoms with van der Waals surface area (Å²) >= 11 is 5.15. The van der Waals surface area contributed by atoms with Crippen molar-refractivity contribution in [2.24, 2.45) is 0 Å². The first-order valence-corrected chi connectivity index (χ1v) is 8.14. The molecule has 108 valence electrons. The molecular formula is C15H17BrFNOS. The van der Waals surface area contributed by atoms with E-state index in [0.717, 1.165) is 22.3 Å². The smallest absolute Gasteiger partial charge is 0.132 e. The molecule has 0 amide bonds. The Morgan fingerprint density at radius 1 is 1.40 bits per heavy atom. The van der Waals surface area contributed by atoms with E-state index in [2.05, 4.69) is 28.2 Å². The van der Waals surface area contributed by atoms with Crippen molar-refractivity contribution in [3.05, 3.63) is 50.4 Å². The lowest BCUT2D eigenvalue weighted by Crippen LogP contribution is -2.23. The first-order valence-electron chi connectivity index (χ1n) is 6.47. The zero-order chi connectivity index (χ0) is 14.5. The van der Waals surface area contributed by atoms with E-state index in [4.69, 9.17) is 4.74 Å². The first kappa shape index (κ1) is 15.5. The highest BCUT2D eigenvalue weighted by molar-refractivity contribution is 9.10. The van der Waals surface area contributed by atoms with Crippen LogP contribution in [0.1, 0.15) is 29.8 Å². The highest BCUT2D eigenvalue weighted by Crippen LogP contribution is 2.35. The van der Waals surface area contributed by atoms with Crippen LogP contribution in [-0.4, -0.2) is 13.7 Å². The molecule has 1 aromatic carbocycles. The predicted molar refractivity (Wildman–Crippen MR) is 85.1 cm³/mol. The number of hydrogen-bond donors (Lipinski definition) is 1. The molecule has 0 saturated carbocycles. The molecular weight excluding hydrogens is 341 g/mol. The maximum Gasteiger partial charge on any atom is 0.132 e. The molecule has 1 N–H and O–H groups in total. The second-order valence-electron chi connectivity index (χ2n) is 4.41. The number of ether oxygens (including phenoxy) is 1. The van der Waals surface area contributed by atoms with Gasteiger partial charge in [-0.2, -0.15) is 0 Å². The Hall–Kier alpha value is -0.910. The van der Waals surface area contributed by atoms with E-state index in [0.29, 0.717) is 11.3 Å². The third-order valence-corrected chi connectivity index (χ3v) is 4.96. The van der Waals surface area contributed by atoms with Gasteiger partial charge in [-0.25, -0.2) is 4.39 Å². The van der Waals surface area contributed by atoms with Crippen molar-refractivity contribution >= 4 is 27.3 Å². The van der Waals surface area contributed by atoms with Crippen LogP contribution in [0.2, 0.25) is 0 Å². The van der Waals surface area contributed by atoms with Crippen LogP contribution in [0.5, 0.6) is 5.75 Å². The highest BCUT2D eigenvalue weighted by Gasteiger charge is 2.21. The minimum absolute atomic E-state index is 0.143. The molecule has 1 unspecified atom stereocenters. The van der Waals surface area contributed by atoms with Gasteiger partial charge in [-0.3, -0.25) is 0 Å². The van der Waals surface area contributed by atoms with E-state index in [-0.39, 0.29) is 11.9 Å². The van der Waals surface area contributed by atoms with Crippen molar-refractivity contribution in [3.63, 3.8) is 0 Å². The van der Waals surface area contributed by atoms with Crippen LogP contribution >= 0.6 is 27.3 Å². The van der Waals surface area contributed by atoms with Gasteiger partial charge in [0, 0.05) is 21.0 Å². The van der Waals surface area contributed by atoms with Crippen molar-refractivity contribution < 1.29 is 9.13 Å². The lowest BCUT2D eigenvalue weighted by atomic mass is 10.0. The zero-order valence-electron chi connectivity index (χ0n) is 11.5. The average Bonchev–Trinajstić information content (AvgIpc) is 2.87. The van der Waals surface area contributed by atoms with Crippen molar-refractivity contribution in [2.45, 2.75) is 19.4 Å². The lowest BCUT2D eigenvalue weighted by Gasteiger charge is -2.19. The molecule has 1 aromatic heterocycles. The van der Waals surface area contributed by atoms with E-state index in [1.165, 1.54) is 13.2 Å². The van der Waals surface area contributed by atoms with Gasteiger partial charge in [-0.1, -0.05) is 13.0 Å². The predicted octanol–water partition coefficient (Wildman–Crippen LogP) is 4.75. The highest BCUT2D eigenvalue weighted by atomic mass is 79.9. The van der Waals surface area contributed by atoms with Gasteiger partial charge in [-0.05, 0) is 46.4 Å². The second kappa shape index (κ2) is 7.20. The molecule has 0 aliphatic heterocycles. The van der Waals surface area contributed by atoms with Gasteiger partial charge >= 0.3 is 0 Å². The quantitative estimate of drug-likeness (QED) is 0.805. The van der Waals surface area contributed by atoms with Crippen molar-refractivity contribution in [2.75, 3.05) is 13.7 Å². The van der Waals surface area contributed by atoms with Gasteiger partial charge in [0.15, 0.2) is 0 Å². The molecule has 1 heterocycles. The summed E-state index contributed by atoms with van der Waals surface area (Å²) in [7, 11) is 1.54. The Bertz CT molecular complexity index is 573. The van der Waals surface area contributed by atoms with Gasteiger partial charge in [0.25, 0.3) is 0 Å². The lowest BCUT2D eigenvalue weighted by molar-refractivity contribution is 0.410. The molecule has 0 spiro atoms. The van der Waals surface area contributed by atoms with Gasteiger partial charge in [0.05, 0.1) is 13.2 Å². The third-order valence-electron chi connectivity index (χ3n) is 3.02. The number of rotatable bonds is 6. The number of halogens is 2. The van der Waals surface area contributed by atoms with Crippen LogP contribution in [0.4, 0.5) is 4.39 Å². The Labute approximate surface area is 131 Å². The van der Waals surface area contributed by atoms with Gasteiger partial charge < -0.3 is 10.1 Å². The molecule has 0 bridgehead atoms. The molecule has 0 aliphatic rings. The summed E-state index contributed by atoms with van der Waals surface area (Å²) in [6, 6.07) is 6.85. The molecule has 0 saturated heterocycles. The topological polar surface area (TPSA) is 21.3 Å². The fourth-order valence-electron chi connectivity index (χ4n) is 2.01. The van der Waals surface area contributed by atoms with Gasteiger partial charge in [0.1, 0.15) is 11.6 Å². The molecule has 0 fully saturated rings. The molecule has 2 nitrogen and oxygen atoms in total. The van der Waals surface area contributed by atoms with E-state index in [1.807, 2.05) is 11.4 Å². The molecule has 20 heavy (non-hydrogen) atoms. The Morgan fingerprint density at radius 2 is 2.20 bits per heavy atom. The third kappa shape index (κ3) is 3.40. The number of methoxy groups -OCH3 is 1. The SMILES string of the molecule is CCCNC(c1ccc(OC)cc1F)c1sccc1Br. The largest absolute Gasteiger partial charge is 0.497 e. The fraction of sp³-hybridized carbons (Fsp3) is 0.333. The summed E-state index contributed by atoms with van der Waals surface area (Å²) in [6.07, 6.45) is 0.997. The molecule has 0 aliphatic carbocycles. The maximum absolute atomic E-state index is 14.3. The fourth-order valence-corrected chi connectivity index (χ4v) is 3.71. The first-order chi connectivity index (χ1) is 9.67. The molecule has 0 radical (unpaired) electrons. The maximum atomic E-state index is 14.3. The standard InChI is InChI=1S/C15H17BrFNOS/c1-3-7-18-14(15-12(16)6-8-20-15)11-5-4-10(19-2)9-13(11)17/h4-6,8-9,14,18H,3,7H2,1-2H3. The summed E-state index contributed by atoms with van der Waals surface area (Å²) in [4.78, 5) is 1.09. The molecule has 1 atom stereocenters. The van der Waals surface area contributed by atoms with E-state index < -0.39 is 0 Å². The minimum Gasteiger partial charge on any atom is -0.497 e. The summed E-state index contributed by atoms with van der Waals surface area (Å²) in [5.74, 6) is 0.281. The van der Waals surface area contributed by atoms with Crippen LogP contribution in [0, 0.1) is 5.82 Å². The Balaban J connectivity index is 2.38. The average molecular weight is 358 g/mol. The number of thiophene rings is 1. The number of nitrogens with one attached hydrogen (secondary N) is 1. The van der Waals surface area contributed by atoms with Crippen LogP contribution < -0.4 is 10.1 Å². The summed E-state index contributed by atoms with van der Waals surface area (Å²) in [6.45, 7) is 2.93. The van der Waals surface area contributed by atoms with E-state index >= 15 is 0 Å². The Morgan fingerprint density at radius 3 is 2.75 bits per heavy atom. The monoisotopic (exact) mass is 357 g/mol. The number of hydrogen-bond acceptors (Lipinski definition) is 3. The van der Waals surface area contributed by atoms with Gasteiger partial charge in [-0.15, -0.1) is 11.3 Å². The molecule has 5 heteroatoms. The second-order valence-corrected chi connectivity index (χ2v) is 6.21.